The predicted octanol–water partition coefficient (Wildman–Crippen LogP) is 0.289. The van der Waals surface area contributed by atoms with Gasteiger partial charge in [0.1, 0.15) is 11.3 Å². The van der Waals surface area contributed by atoms with E-state index in [4.69, 9.17) is 10.0 Å². The van der Waals surface area contributed by atoms with Crippen LogP contribution in [-0.2, 0) is 0 Å². The van der Waals surface area contributed by atoms with Gasteiger partial charge in [0.05, 0.1) is 0 Å². The highest BCUT2D eigenvalue weighted by molar-refractivity contribution is 6.33. The van der Waals surface area contributed by atoms with E-state index < -0.39 is 7.32 Å². The summed E-state index contributed by atoms with van der Waals surface area (Å²) in [6.07, 6.45) is 0. The van der Waals surface area contributed by atoms with Gasteiger partial charge in [-0.3, -0.25) is 0 Å². The molecule has 0 unspecified atom stereocenters. The van der Waals surface area contributed by atoms with E-state index in [-0.39, 0.29) is 11.6 Å². The lowest BCUT2D eigenvalue weighted by molar-refractivity contribution is 0.283. The number of aromatic nitrogens is 1. The van der Waals surface area contributed by atoms with Crippen LogP contribution < -0.4 is 4.65 Å². The van der Waals surface area contributed by atoms with Crippen molar-refractivity contribution in [3.8, 4) is 11.6 Å². The summed E-state index contributed by atoms with van der Waals surface area (Å²) >= 11 is 0. The fourth-order valence-corrected chi connectivity index (χ4v) is 1.29. The van der Waals surface area contributed by atoms with Crippen LogP contribution in [-0.4, -0.2) is 27.5 Å². The number of benzene rings is 1. The Morgan fingerprint density at radius 2 is 1.93 bits per heavy atom. The summed E-state index contributed by atoms with van der Waals surface area (Å²) in [5.41, 5.74) is 0.357. The van der Waals surface area contributed by atoms with Crippen molar-refractivity contribution in [2.75, 3.05) is 0 Å². The number of nitrogens with zero attached hydrogens (tertiary/aromatic N) is 1. The Morgan fingerprint density at radius 1 is 1.13 bits per heavy atom. The molecule has 1 heterocycles. The van der Waals surface area contributed by atoms with Crippen molar-refractivity contribution in [2.45, 2.75) is 0 Å². The first-order valence-corrected chi connectivity index (χ1v) is 4.28. The summed E-state index contributed by atoms with van der Waals surface area (Å²) in [5, 5.41) is 27.4. The molecule has 0 amide bonds. The van der Waals surface area contributed by atoms with Crippen molar-refractivity contribution in [2.24, 2.45) is 0 Å². The third kappa shape index (κ3) is 2.00. The first-order chi connectivity index (χ1) is 7.16. The highest BCUT2D eigenvalue weighted by atomic mass is 16.6. The zero-order chi connectivity index (χ0) is 10.8. The molecule has 0 aliphatic rings. The molecule has 1 aromatic heterocycles. The molecule has 2 rings (SSSR count). The van der Waals surface area contributed by atoms with E-state index in [1.54, 1.807) is 18.2 Å². The van der Waals surface area contributed by atoms with Crippen LogP contribution in [0.25, 0.3) is 10.9 Å². The van der Waals surface area contributed by atoms with Crippen molar-refractivity contribution in [3.05, 3.63) is 30.3 Å². The smallest absolute Gasteiger partial charge is 0.506 e. The second-order valence-corrected chi connectivity index (χ2v) is 2.94. The number of rotatable bonds is 2. The molecule has 0 atom stereocenters. The zero-order valence-corrected chi connectivity index (χ0v) is 7.66. The van der Waals surface area contributed by atoms with Gasteiger partial charge in [-0.15, -0.1) is 0 Å². The number of para-hydroxylation sites is 1. The van der Waals surface area contributed by atoms with E-state index in [9.17, 15) is 5.11 Å². The highest BCUT2D eigenvalue weighted by Gasteiger charge is 2.12. The van der Waals surface area contributed by atoms with Gasteiger partial charge in [-0.25, -0.2) is 4.98 Å². The van der Waals surface area contributed by atoms with Gasteiger partial charge in [-0.2, -0.15) is 0 Å². The number of hydrogen-bond acceptors (Lipinski definition) is 5. The van der Waals surface area contributed by atoms with Gasteiger partial charge in [-0.05, 0) is 18.2 Å². The van der Waals surface area contributed by atoms with Gasteiger partial charge >= 0.3 is 7.32 Å². The summed E-state index contributed by atoms with van der Waals surface area (Å²) in [5.74, 6) is 0.0596. The monoisotopic (exact) mass is 205 g/mol. The Labute approximate surface area is 85.8 Å². The predicted molar refractivity (Wildman–Crippen MR) is 54.2 cm³/mol. The molecule has 0 aliphatic carbocycles. The van der Waals surface area contributed by atoms with E-state index in [2.05, 4.69) is 9.64 Å². The summed E-state index contributed by atoms with van der Waals surface area (Å²) in [7, 11) is -1.92. The standard InChI is InChI=1S/C9H8BNO4/c12-7-3-1-2-6-4-5-8(11-9(6)7)15-10(13)14/h1-5,12-14H. The maximum Gasteiger partial charge on any atom is 0.708 e. The Morgan fingerprint density at radius 3 is 2.67 bits per heavy atom. The van der Waals surface area contributed by atoms with Gasteiger partial charge in [-0.1, -0.05) is 12.1 Å². The number of fused-ring (bicyclic) bond motifs is 1. The van der Waals surface area contributed by atoms with E-state index in [1.807, 2.05) is 0 Å². The lowest BCUT2D eigenvalue weighted by atomic mass is 10.2. The van der Waals surface area contributed by atoms with Gasteiger partial charge < -0.3 is 19.8 Å². The minimum absolute atomic E-state index is 0.0189. The molecule has 0 bridgehead atoms. The number of phenolic OH excluding ortho intramolecular Hbond substituents is 1. The summed E-state index contributed by atoms with van der Waals surface area (Å²) < 4.78 is 4.57. The van der Waals surface area contributed by atoms with Crippen LogP contribution in [0.3, 0.4) is 0 Å². The molecular formula is C9H8BNO4. The highest BCUT2D eigenvalue weighted by Crippen LogP contribution is 2.24. The largest absolute Gasteiger partial charge is 0.708 e. The Bertz CT molecular complexity index is 488. The van der Waals surface area contributed by atoms with Gasteiger partial charge in [0.2, 0.25) is 0 Å². The molecule has 0 saturated carbocycles. The average molecular weight is 205 g/mol. The maximum absolute atomic E-state index is 9.49. The van der Waals surface area contributed by atoms with Crippen molar-refractivity contribution in [1.82, 2.24) is 4.98 Å². The number of pyridine rings is 1. The van der Waals surface area contributed by atoms with Crippen molar-refractivity contribution < 1.29 is 19.8 Å². The van der Waals surface area contributed by atoms with Crippen molar-refractivity contribution in [1.29, 1.82) is 0 Å². The summed E-state index contributed by atoms with van der Waals surface area (Å²) in [4.78, 5) is 3.92. The molecule has 1 aromatic carbocycles. The van der Waals surface area contributed by atoms with Crippen LogP contribution in [0.4, 0.5) is 0 Å². The molecule has 0 fully saturated rings. The number of aromatic hydroxyl groups is 1. The van der Waals surface area contributed by atoms with Crippen molar-refractivity contribution in [3.63, 3.8) is 0 Å². The zero-order valence-electron chi connectivity index (χ0n) is 7.66. The van der Waals surface area contributed by atoms with Crippen molar-refractivity contribution >= 4 is 18.2 Å². The Kier molecular flexibility index (Phi) is 2.45. The third-order valence-corrected chi connectivity index (χ3v) is 1.90. The molecule has 0 saturated heterocycles. The van der Waals surface area contributed by atoms with E-state index >= 15 is 0 Å². The first-order valence-electron chi connectivity index (χ1n) is 4.28. The molecular weight excluding hydrogens is 197 g/mol. The normalized spacial score (nSPS) is 10.3. The van der Waals surface area contributed by atoms with E-state index in [0.29, 0.717) is 5.52 Å². The first kappa shape index (κ1) is 9.76. The van der Waals surface area contributed by atoms with Crippen LogP contribution in [0.15, 0.2) is 30.3 Å². The second-order valence-electron chi connectivity index (χ2n) is 2.94. The molecule has 5 nitrogen and oxygen atoms in total. The average Bonchev–Trinajstić information content (AvgIpc) is 2.18. The summed E-state index contributed by atoms with van der Waals surface area (Å²) in [6, 6.07) is 8.12. The lowest BCUT2D eigenvalue weighted by Gasteiger charge is -2.05. The van der Waals surface area contributed by atoms with Crippen LogP contribution in [0.1, 0.15) is 0 Å². The SMILES string of the molecule is OB(O)Oc1ccc2cccc(O)c2n1. The lowest BCUT2D eigenvalue weighted by Crippen LogP contribution is -2.21. The van der Waals surface area contributed by atoms with Crippen LogP contribution in [0, 0.1) is 0 Å². The van der Waals surface area contributed by atoms with Gasteiger partial charge in [0.25, 0.3) is 0 Å². The molecule has 15 heavy (non-hydrogen) atoms. The molecule has 0 radical (unpaired) electrons. The molecule has 2 aromatic rings. The molecule has 6 heteroatoms. The quantitative estimate of drug-likeness (QED) is 0.613. The second kappa shape index (κ2) is 3.76. The van der Waals surface area contributed by atoms with Gasteiger partial charge in [0, 0.05) is 5.39 Å². The maximum atomic E-state index is 9.49. The van der Waals surface area contributed by atoms with Crippen LogP contribution >= 0.6 is 0 Å². The van der Waals surface area contributed by atoms with Crippen LogP contribution in [0.2, 0.25) is 0 Å². The Balaban J connectivity index is 2.50. The molecule has 0 aliphatic heterocycles. The topological polar surface area (TPSA) is 82.8 Å². The minimum atomic E-state index is -1.92. The molecule has 76 valence electrons. The summed E-state index contributed by atoms with van der Waals surface area (Å²) in [6.45, 7) is 0. The van der Waals surface area contributed by atoms with Crippen LogP contribution in [0.5, 0.6) is 11.6 Å². The van der Waals surface area contributed by atoms with Gasteiger partial charge in [0.15, 0.2) is 5.88 Å². The third-order valence-electron chi connectivity index (χ3n) is 1.90. The Hall–Kier alpha value is -1.79. The molecule has 0 spiro atoms. The van der Waals surface area contributed by atoms with E-state index in [0.717, 1.165) is 5.39 Å². The van der Waals surface area contributed by atoms with E-state index in [1.165, 1.54) is 12.1 Å². The number of hydrogen-bond donors (Lipinski definition) is 3. The fourth-order valence-electron chi connectivity index (χ4n) is 1.29. The molecule has 3 N–H and O–H groups in total. The minimum Gasteiger partial charge on any atom is -0.506 e. The number of phenols is 1. The fraction of sp³-hybridized carbons (Fsp3) is 0.